The Morgan fingerprint density at radius 2 is 1.96 bits per heavy atom. The third-order valence-electron chi connectivity index (χ3n) is 5.07. The predicted octanol–water partition coefficient (Wildman–Crippen LogP) is 1.73. The van der Waals surface area contributed by atoms with Crippen molar-refractivity contribution in [2.75, 3.05) is 30.7 Å². The van der Waals surface area contributed by atoms with Crippen LogP contribution < -0.4 is 11.1 Å². The average molecular weight is 395 g/mol. The van der Waals surface area contributed by atoms with Crippen LogP contribution in [0.25, 0.3) is 0 Å². The number of benzene rings is 1. The summed E-state index contributed by atoms with van der Waals surface area (Å²) in [6.07, 6.45) is 4.34. The van der Waals surface area contributed by atoms with Gasteiger partial charge in [0.1, 0.15) is 0 Å². The van der Waals surface area contributed by atoms with Crippen LogP contribution in [0.5, 0.6) is 0 Å². The van der Waals surface area contributed by atoms with Crippen molar-refractivity contribution in [1.82, 2.24) is 4.31 Å². The summed E-state index contributed by atoms with van der Waals surface area (Å²) in [7, 11) is -3.37. The maximum Gasteiger partial charge on any atom is 0.216 e. The van der Waals surface area contributed by atoms with Crippen LogP contribution in [0.4, 0.5) is 5.69 Å². The van der Waals surface area contributed by atoms with E-state index in [4.69, 9.17) is 10.5 Å². The normalized spacial score (nSPS) is 24.4. The van der Waals surface area contributed by atoms with Gasteiger partial charge in [0.25, 0.3) is 0 Å². The second-order valence-corrected chi connectivity index (χ2v) is 9.52. The molecular formula is C19H30N4O3S. The number of aliphatic imine (C=N–C) groups is 1. The van der Waals surface area contributed by atoms with Gasteiger partial charge in [0.2, 0.25) is 10.0 Å². The number of aryl methyl sites for hydroxylation is 1. The van der Waals surface area contributed by atoms with Crippen LogP contribution >= 0.6 is 0 Å². The summed E-state index contributed by atoms with van der Waals surface area (Å²) < 4.78 is 32.2. The molecule has 1 aromatic carbocycles. The van der Waals surface area contributed by atoms with Gasteiger partial charge in [0.15, 0.2) is 5.96 Å². The molecular weight excluding hydrogens is 364 g/mol. The van der Waals surface area contributed by atoms with E-state index < -0.39 is 10.0 Å². The van der Waals surface area contributed by atoms with Crippen molar-refractivity contribution in [3.05, 3.63) is 29.3 Å². The highest BCUT2D eigenvalue weighted by Gasteiger charge is 2.30. The molecule has 2 atom stereocenters. The third kappa shape index (κ3) is 5.21. The number of morpholine rings is 1. The number of anilines is 1. The van der Waals surface area contributed by atoms with E-state index in [1.54, 1.807) is 0 Å². The number of rotatable bonds is 5. The third-order valence-corrected chi connectivity index (χ3v) is 6.85. The fourth-order valence-electron chi connectivity index (χ4n) is 3.84. The van der Waals surface area contributed by atoms with E-state index >= 15 is 0 Å². The molecule has 27 heavy (non-hydrogen) atoms. The summed E-state index contributed by atoms with van der Waals surface area (Å²) in [4.78, 5) is 4.23. The van der Waals surface area contributed by atoms with Gasteiger partial charge in [-0.05, 0) is 56.7 Å². The molecule has 8 heteroatoms. The van der Waals surface area contributed by atoms with Gasteiger partial charge in [0, 0.05) is 18.8 Å². The zero-order valence-electron chi connectivity index (χ0n) is 16.1. The molecule has 0 saturated carbocycles. The molecule has 1 heterocycles. The first-order chi connectivity index (χ1) is 12.8. The summed E-state index contributed by atoms with van der Waals surface area (Å²) in [5, 5.41) is 3.15. The van der Waals surface area contributed by atoms with Gasteiger partial charge < -0.3 is 15.8 Å². The smallest absolute Gasteiger partial charge is 0.216 e. The SMILES string of the molecule is CC1CN(S(=O)(=O)CCN=C(N)Nc2cccc3c2CCCC3)CC(C)O1. The van der Waals surface area contributed by atoms with Gasteiger partial charge in [-0.1, -0.05) is 12.1 Å². The highest BCUT2D eigenvalue weighted by atomic mass is 32.2. The number of hydrogen-bond donors (Lipinski definition) is 2. The van der Waals surface area contributed by atoms with Gasteiger partial charge in [0.05, 0.1) is 24.5 Å². The van der Waals surface area contributed by atoms with Crippen LogP contribution in [-0.4, -0.2) is 56.3 Å². The molecule has 0 spiro atoms. The van der Waals surface area contributed by atoms with E-state index in [1.807, 2.05) is 26.0 Å². The summed E-state index contributed by atoms with van der Waals surface area (Å²) >= 11 is 0. The Balaban J connectivity index is 1.58. The van der Waals surface area contributed by atoms with Crippen molar-refractivity contribution in [1.29, 1.82) is 0 Å². The van der Waals surface area contributed by atoms with Gasteiger partial charge in [-0.3, -0.25) is 4.99 Å². The summed E-state index contributed by atoms with van der Waals surface area (Å²) in [6, 6.07) is 6.18. The van der Waals surface area contributed by atoms with E-state index in [2.05, 4.69) is 16.4 Å². The Bertz CT molecular complexity index is 784. The van der Waals surface area contributed by atoms with E-state index in [9.17, 15) is 8.42 Å². The van der Waals surface area contributed by atoms with Gasteiger partial charge in [-0.25, -0.2) is 8.42 Å². The van der Waals surface area contributed by atoms with Crippen molar-refractivity contribution < 1.29 is 13.2 Å². The van der Waals surface area contributed by atoms with Crippen molar-refractivity contribution in [3.8, 4) is 0 Å². The topological polar surface area (TPSA) is 97.0 Å². The predicted molar refractivity (Wildman–Crippen MR) is 109 cm³/mol. The minimum atomic E-state index is -3.37. The molecule has 0 bridgehead atoms. The molecule has 0 radical (unpaired) electrons. The molecule has 0 amide bonds. The lowest BCUT2D eigenvalue weighted by Gasteiger charge is -2.34. The fourth-order valence-corrected chi connectivity index (χ4v) is 5.30. The lowest BCUT2D eigenvalue weighted by atomic mass is 9.90. The van der Waals surface area contributed by atoms with E-state index in [0.29, 0.717) is 13.1 Å². The summed E-state index contributed by atoms with van der Waals surface area (Å²) in [5.74, 6) is 0.203. The van der Waals surface area contributed by atoms with Gasteiger partial charge in [-0.15, -0.1) is 0 Å². The summed E-state index contributed by atoms with van der Waals surface area (Å²) in [5.41, 5.74) is 9.64. The Morgan fingerprint density at radius 3 is 2.70 bits per heavy atom. The Morgan fingerprint density at radius 1 is 1.26 bits per heavy atom. The number of nitrogens with zero attached hydrogens (tertiary/aromatic N) is 2. The monoisotopic (exact) mass is 394 g/mol. The van der Waals surface area contributed by atoms with E-state index in [0.717, 1.165) is 18.5 Å². The number of sulfonamides is 1. The van der Waals surface area contributed by atoms with E-state index in [-0.39, 0.29) is 30.5 Å². The molecule has 150 valence electrons. The maximum absolute atomic E-state index is 12.5. The van der Waals surface area contributed by atoms with Crippen LogP contribution in [-0.2, 0) is 27.6 Å². The van der Waals surface area contributed by atoms with Gasteiger partial charge >= 0.3 is 0 Å². The first-order valence-electron chi connectivity index (χ1n) is 9.66. The van der Waals surface area contributed by atoms with Crippen molar-refractivity contribution >= 4 is 21.7 Å². The Labute approximate surface area is 162 Å². The number of guanidine groups is 1. The van der Waals surface area contributed by atoms with Crippen LogP contribution in [0, 0.1) is 0 Å². The molecule has 7 nitrogen and oxygen atoms in total. The van der Waals surface area contributed by atoms with Crippen LogP contribution in [0.1, 0.15) is 37.8 Å². The zero-order chi connectivity index (χ0) is 19.4. The average Bonchev–Trinajstić information content (AvgIpc) is 2.61. The molecule has 1 aliphatic heterocycles. The summed E-state index contributed by atoms with van der Waals surface area (Å²) in [6.45, 7) is 4.69. The molecule has 1 fully saturated rings. The number of ether oxygens (including phenoxy) is 1. The Kier molecular flexibility index (Phi) is 6.39. The molecule has 0 aromatic heterocycles. The molecule has 3 N–H and O–H groups in total. The molecule has 1 aromatic rings. The highest BCUT2D eigenvalue weighted by Crippen LogP contribution is 2.27. The minimum absolute atomic E-state index is 0.0539. The second kappa shape index (κ2) is 8.58. The fraction of sp³-hybridized carbons (Fsp3) is 0.632. The van der Waals surface area contributed by atoms with Crippen LogP contribution in [0.15, 0.2) is 23.2 Å². The quantitative estimate of drug-likeness (QED) is 0.586. The number of hydrogen-bond acceptors (Lipinski definition) is 4. The van der Waals surface area contributed by atoms with Crippen molar-refractivity contribution in [3.63, 3.8) is 0 Å². The second-order valence-electron chi connectivity index (χ2n) is 7.43. The van der Waals surface area contributed by atoms with Crippen LogP contribution in [0.3, 0.4) is 0 Å². The molecule has 3 rings (SSSR count). The standard InChI is InChI=1S/C19H30N4O3S/c1-14-12-23(13-15(2)26-14)27(24,25)11-10-21-19(20)22-18-9-5-7-16-6-3-4-8-17(16)18/h5,7,9,14-15H,3-4,6,8,10-13H2,1-2H3,(H3,20,21,22). The first-order valence-corrected chi connectivity index (χ1v) is 11.3. The number of nitrogens with two attached hydrogens (primary N) is 1. The van der Waals surface area contributed by atoms with Crippen molar-refractivity contribution in [2.45, 2.75) is 51.7 Å². The van der Waals surface area contributed by atoms with Gasteiger partial charge in [-0.2, -0.15) is 4.31 Å². The molecule has 2 unspecified atom stereocenters. The highest BCUT2D eigenvalue weighted by molar-refractivity contribution is 7.89. The van der Waals surface area contributed by atoms with Crippen LogP contribution in [0.2, 0.25) is 0 Å². The number of fused-ring (bicyclic) bond motifs is 1. The van der Waals surface area contributed by atoms with Crippen molar-refractivity contribution in [2.24, 2.45) is 10.7 Å². The largest absolute Gasteiger partial charge is 0.373 e. The first kappa shape index (κ1) is 20.1. The molecule has 2 aliphatic rings. The lowest BCUT2D eigenvalue weighted by molar-refractivity contribution is -0.0440. The molecule has 1 aliphatic carbocycles. The Hall–Kier alpha value is -1.64. The van der Waals surface area contributed by atoms with E-state index in [1.165, 1.54) is 28.3 Å². The number of nitrogens with one attached hydrogen (secondary N) is 1. The molecule has 1 saturated heterocycles. The lowest BCUT2D eigenvalue weighted by Crippen LogP contribution is -2.49. The maximum atomic E-state index is 12.5. The zero-order valence-corrected chi connectivity index (χ0v) is 17.0. The minimum Gasteiger partial charge on any atom is -0.373 e.